The molecule has 0 bridgehead atoms. The van der Waals surface area contributed by atoms with Gasteiger partial charge in [-0.15, -0.1) is 0 Å². The Morgan fingerprint density at radius 1 is 1.30 bits per heavy atom. The summed E-state index contributed by atoms with van der Waals surface area (Å²) >= 11 is 0. The van der Waals surface area contributed by atoms with Gasteiger partial charge in [-0.3, -0.25) is 14.8 Å². The zero-order valence-corrected chi connectivity index (χ0v) is 15.0. The van der Waals surface area contributed by atoms with E-state index in [1.54, 1.807) is 4.90 Å². The number of anilines is 1. The Balaban J connectivity index is 1.32. The van der Waals surface area contributed by atoms with Crippen LogP contribution in [0.5, 0.6) is 0 Å². The highest BCUT2D eigenvalue weighted by Crippen LogP contribution is 2.34. The van der Waals surface area contributed by atoms with Gasteiger partial charge in [0.15, 0.2) is 0 Å². The Labute approximate surface area is 157 Å². The molecule has 5 rings (SSSR count). The van der Waals surface area contributed by atoms with Crippen LogP contribution in [0.1, 0.15) is 30.4 Å². The molecule has 2 aliphatic carbocycles. The number of nitrogens with zero attached hydrogens (tertiary/aromatic N) is 2. The molecule has 7 nitrogen and oxygen atoms in total. The van der Waals surface area contributed by atoms with Gasteiger partial charge in [0.05, 0.1) is 25.0 Å². The monoisotopic (exact) mass is 366 g/mol. The minimum Gasteiger partial charge on any atom is -0.442 e. The predicted octanol–water partition coefficient (Wildman–Crippen LogP) is 2.42. The molecule has 1 saturated heterocycles. The molecule has 2 N–H and O–H groups in total. The van der Waals surface area contributed by atoms with Crippen molar-refractivity contribution in [1.29, 1.82) is 0 Å². The highest BCUT2D eigenvalue weighted by molar-refractivity contribution is 5.90. The van der Waals surface area contributed by atoms with Crippen LogP contribution in [0.15, 0.2) is 24.4 Å². The summed E-state index contributed by atoms with van der Waals surface area (Å²) in [5, 5.41) is 10.2. The molecule has 0 radical (unpaired) electrons. The molecule has 2 fully saturated rings. The molecule has 2 heterocycles. The van der Waals surface area contributed by atoms with Crippen molar-refractivity contribution in [2.75, 3.05) is 18.0 Å². The maximum absolute atomic E-state index is 12.3. The topological polar surface area (TPSA) is 87.3 Å². The number of nitrogens with one attached hydrogen (secondary N) is 2. The second-order valence-corrected chi connectivity index (χ2v) is 7.60. The third-order valence-corrected chi connectivity index (χ3v) is 5.61. The summed E-state index contributed by atoms with van der Waals surface area (Å²) in [5.74, 6) is 0.236. The zero-order chi connectivity index (χ0) is 18.4. The molecule has 0 spiro atoms. The molecule has 140 valence electrons. The average molecular weight is 366 g/mol. The Hall–Kier alpha value is -2.83. The van der Waals surface area contributed by atoms with E-state index in [1.165, 1.54) is 11.1 Å². The molecule has 1 saturated carbocycles. The van der Waals surface area contributed by atoms with Gasteiger partial charge in [0.2, 0.25) is 5.91 Å². The molecular weight excluding hydrogens is 344 g/mol. The predicted molar refractivity (Wildman–Crippen MR) is 99.4 cm³/mol. The van der Waals surface area contributed by atoms with Crippen molar-refractivity contribution in [2.45, 2.75) is 38.2 Å². The fourth-order valence-corrected chi connectivity index (χ4v) is 3.94. The molecule has 7 heteroatoms. The Morgan fingerprint density at radius 2 is 2.15 bits per heavy atom. The molecule has 3 aliphatic rings. The summed E-state index contributed by atoms with van der Waals surface area (Å²) < 4.78 is 5.45. The quantitative estimate of drug-likeness (QED) is 0.870. The number of aryl methyl sites for hydroxylation is 2. The van der Waals surface area contributed by atoms with Crippen molar-refractivity contribution < 1.29 is 14.3 Å². The number of fused-ring (bicyclic) bond motifs is 3. The van der Waals surface area contributed by atoms with Crippen molar-refractivity contribution >= 4 is 17.7 Å². The van der Waals surface area contributed by atoms with Gasteiger partial charge >= 0.3 is 6.09 Å². The van der Waals surface area contributed by atoms with Crippen molar-refractivity contribution in [1.82, 2.24) is 15.5 Å². The fourth-order valence-electron chi connectivity index (χ4n) is 3.94. The maximum atomic E-state index is 12.3. The van der Waals surface area contributed by atoms with E-state index in [1.807, 2.05) is 12.3 Å². The van der Waals surface area contributed by atoms with E-state index < -0.39 is 0 Å². The van der Waals surface area contributed by atoms with Crippen molar-refractivity contribution in [2.24, 2.45) is 5.92 Å². The number of rotatable bonds is 4. The first-order valence-corrected chi connectivity index (χ1v) is 9.60. The Morgan fingerprint density at radius 3 is 3.00 bits per heavy atom. The van der Waals surface area contributed by atoms with Crippen molar-refractivity contribution in [3.05, 3.63) is 35.5 Å². The number of aromatic nitrogens is 2. The van der Waals surface area contributed by atoms with E-state index in [0.717, 1.165) is 49.0 Å². The SMILES string of the molecule is O=C(NC[C@H]1CN(c2ccc3c(c2)CCCc2cn[nH]c2-3)C(=O)O1)C1CC1. The third-order valence-electron chi connectivity index (χ3n) is 5.61. The van der Waals surface area contributed by atoms with Gasteiger partial charge in [0, 0.05) is 17.2 Å². The number of hydrogen-bond acceptors (Lipinski definition) is 4. The molecule has 1 aliphatic heterocycles. The van der Waals surface area contributed by atoms with E-state index >= 15 is 0 Å². The fraction of sp³-hybridized carbons (Fsp3) is 0.450. The Kier molecular flexibility index (Phi) is 3.88. The zero-order valence-electron chi connectivity index (χ0n) is 15.0. The second kappa shape index (κ2) is 6.40. The lowest BCUT2D eigenvalue weighted by molar-refractivity contribution is -0.122. The first-order valence-electron chi connectivity index (χ1n) is 9.60. The Bertz CT molecular complexity index is 902. The largest absolute Gasteiger partial charge is 0.442 e. The first kappa shape index (κ1) is 16.4. The van der Waals surface area contributed by atoms with E-state index in [9.17, 15) is 9.59 Å². The number of amides is 2. The van der Waals surface area contributed by atoms with E-state index in [0.29, 0.717) is 13.1 Å². The van der Waals surface area contributed by atoms with Crippen LogP contribution in [0.4, 0.5) is 10.5 Å². The van der Waals surface area contributed by atoms with Crippen LogP contribution < -0.4 is 10.2 Å². The summed E-state index contributed by atoms with van der Waals surface area (Å²) in [6, 6.07) is 6.10. The van der Waals surface area contributed by atoms with Crippen LogP contribution in [0.25, 0.3) is 11.3 Å². The van der Waals surface area contributed by atoms with Gasteiger partial charge in [-0.05, 0) is 55.4 Å². The number of hydrogen-bond donors (Lipinski definition) is 2. The van der Waals surface area contributed by atoms with E-state index in [-0.39, 0.29) is 24.0 Å². The smallest absolute Gasteiger partial charge is 0.414 e. The number of benzene rings is 1. The molecule has 1 aromatic carbocycles. The number of H-pyrrole nitrogens is 1. The highest BCUT2D eigenvalue weighted by Gasteiger charge is 2.35. The highest BCUT2D eigenvalue weighted by atomic mass is 16.6. The van der Waals surface area contributed by atoms with Crippen molar-refractivity contribution in [3.63, 3.8) is 0 Å². The molecule has 1 atom stereocenters. The number of carbonyl (C=O) groups is 2. The third kappa shape index (κ3) is 3.07. The lowest BCUT2D eigenvalue weighted by Crippen LogP contribution is -2.35. The summed E-state index contributed by atoms with van der Waals surface area (Å²) in [7, 11) is 0. The summed E-state index contributed by atoms with van der Waals surface area (Å²) in [6.07, 6.45) is 6.21. The van der Waals surface area contributed by atoms with Gasteiger partial charge in [0.1, 0.15) is 6.10 Å². The van der Waals surface area contributed by atoms with Gasteiger partial charge < -0.3 is 10.1 Å². The van der Waals surface area contributed by atoms with Crippen LogP contribution in [-0.2, 0) is 22.4 Å². The van der Waals surface area contributed by atoms with E-state index in [2.05, 4.69) is 27.6 Å². The number of carbonyl (C=O) groups excluding carboxylic acids is 2. The molecular formula is C20H22N4O3. The number of ether oxygens (including phenoxy) is 1. The van der Waals surface area contributed by atoms with Crippen LogP contribution in [0.3, 0.4) is 0 Å². The van der Waals surface area contributed by atoms with Crippen LogP contribution in [0, 0.1) is 5.92 Å². The lowest BCUT2D eigenvalue weighted by Gasteiger charge is -2.16. The van der Waals surface area contributed by atoms with Crippen LogP contribution >= 0.6 is 0 Å². The van der Waals surface area contributed by atoms with Crippen LogP contribution in [-0.4, -0.2) is 41.4 Å². The minimum absolute atomic E-state index is 0.0740. The van der Waals surface area contributed by atoms with Gasteiger partial charge in [-0.2, -0.15) is 5.10 Å². The number of cyclic esters (lactones) is 1. The van der Waals surface area contributed by atoms with Crippen LogP contribution in [0.2, 0.25) is 0 Å². The average Bonchev–Trinajstić information content (AvgIpc) is 3.36. The molecule has 1 aromatic heterocycles. The molecule has 2 aromatic rings. The summed E-state index contributed by atoms with van der Waals surface area (Å²) in [6.45, 7) is 0.831. The first-order chi connectivity index (χ1) is 13.2. The van der Waals surface area contributed by atoms with Gasteiger partial charge in [-0.25, -0.2) is 4.79 Å². The summed E-state index contributed by atoms with van der Waals surface area (Å²) in [4.78, 5) is 25.8. The standard InChI is InChI=1S/C20H22N4O3/c25-19(12-4-5-12)21-10-16-11-24(20(26)27-16)15-6-7-17-13(8-15)2-1-3-14-9-22-23-18(14)17/h6-9,12,16H,1-5,10-11H2,(H,21,25)(H,22,23)/t16-/m0/s1. The summed E-state index contributed by atoms with van der Waals surface area (Å²) in [5.41, 5.74) is 5.54. The maximum Gasteiger partial charge on any atom is 0.414 e. The minimum atomic E-state index is -0.350. The second-order valence-electron chi connectivity index (χ2n) is 7.60. The van der Waals surface area contributed by atoms with Gasteiger partial charge in [0.25, 0.3) is 0 Å². The van der Waals surface area contributed by atoms with E-state index in [4.69, 9.17) is 4.74 Å². The normalized spacial score (nSPS) is 21.3. The molecule has 2 amide bonds. The molecule has 27 heavy (non-hydrogen) atoms. The number of aromatic amines is 1. The van der Waals surface area contributed by atoms with Crippen molar-refractivity contribution in [3.8, 4) is 11.3 Å². The van der Waals surface area contributed by atoms with Gasteiger partial charge in [-0.1, -0.05) is 6.07 Å². The lowest BCUT2D eigenvalue weighted by atomic mass is 10.0. The molecule has 0 unspecified atom stereocenters.